The van der Waals surface area contributed by atoms with Crippen LogP contribution in [0.2, 0.25) is 0 Å². The maximum atomic E-state index is 13.3. The van der Waals surface area contributed by atoms with Crippen LogP contribution in [0, 0.1) is 25.5 Å². The monoisotopic (exact) mass is 818 g/mol. The number of hydrogen-bond acceptors (Lipinski definition) is 11. The fourth-order valence-electron chi connectivity index (χ4n) is 6.72. The van der Waals surface area contributed by atoms with Crippen LogP contribution in [0.3, 0.4) is 0 Å². The molecule has 0 spiro atoms. The Morgan fingerprint density at radius 1 is 0.759 bits per heavy atom. The summed E-state index contributed by atoms with van der Waals surface area (Å²) in [6.45, 7) is 8.19. The summed E-state index contributed by atoms with van der Waals surface area (Å²) in [7, 11) is 0. The Hall–Kier alpha value is -5.37. The molecule has 18 heteroatoms. The van der Waals surface area contributed by atoms with Crippen molar-refractivity contribution in [2.75, 3.05) is 39.3 Å². The summed E-state index contributed by atoms with van der Waals surface area (Å²) < 4.78 is 29.7. The number of carboxylic acid groups (broad SMARTS) is 1. The summed E-state index contributed by atoms with van der Waals surface area (Å²) in [5.41, 5.74) is 12.8. The second-order valence-electron chi connectivity index (χ2n) is 14.2. The number of rotatable bonds is 9. The summed E-state index contributed by atoms with van der Waals surface area (Å²) in [5, 5.41) is 31.2. The summed E-state index contributed by atoms with van der Waals surface area (Å²) in [5.74, 6) is -1.75. The van der Waals surface area contributed by atoms with Gasteiger partial charge < -0.3 is 35.2 Å². The van der Waals surface area contributed by atoms with Gasteiger partial charge in [0.15, 0.2) is 17.0 Å². The second kappa shape index (κ2) is 19.9. The Balaban J connectivity index is 0.000000181. The number of imidazole rings is 2. The number of β-amino-alcohol motifs (C(OH)–C–C–N with tert-alkyl or cyclic N) is 2. The molecule has 2 aromatic carbocycles. The number of carbonyl (C=O) groups excluding carboxylic acids is 1. The molecule has 0 unspecified atom stereocenters. The van der Waals surface area contributed by atoms with Crippen molar-refractivity contribution in [1.82, 2.24) is 43.9 Å². The number of benzene rings is 2. The highest BCUT2D eigenvalue weighted by molar-refractivity contribution is 7.59. The van der Waals surface area contributed by atoms with Gasteiger partial charge in [0.25, 0.3) is 5.91 Å². The lowest BCUT2D eigenvalue weighted by molar-refractivity contribution is 0.0691. The molecule has 2 aliphatic rings. The Morgan fingerprint density at radius 2 is 1.24 bits per heavy atom. The zero-order valence-corrected chi connectivity index (χ0v) is 33.2. The van der Waals surface area contributed by atoms with Crippen molar-refractivity contribution in [2.24, 2.45) is 5.73 Å². The summed E-state index contributed by atoms with van der Waals surface area (Å²) in [6, 6.07) is 9.75. The van der Waals surface area contributed by atoms with E-state index in [-0.39, 0.29) is 55.5 Å². The van der Waals surface area contributed by atoms with Gasteiger partial charge in [-0.05, 0) is 73.2 Å². The van der Waals surface area contributed by atoms with E-state index in [0.29, 0.717) is 30.9 Å². The van der Waals surface area contributed by atoms with E-state index in [0.717, 1.165) is 66.1 Å². The summed E-state index contributed by atoms with van der Waals surface area (Å²) >= 11 is 0. The molecular formula is C40H48F2N10O5S. The van der Waals surface area contributed by atoms with Crippen molar-refractivity contribution >= 4 is 36.7 Å². The minimum Gasteiger partial charge on any atom is -0.476 e. The first kappa shape index (κ1) is 43.7. The number of halogens is 2. The number of carboxylic acids is 1. The zero-order chi connectivity index (χ0) is 40.6. The Labute approximate surface area is 340 Å². The molecule has 0 fully saturated rings. The molecule has 0 aliphatic carbocycles. The van der Waals surface area contributed by atoms with Gasteiger partial charge in [0.1, 0.15) is 17.3 Å². The van der Waals surface area contributed by atoms with Crippen molar-refractivity contribution in [2.45, 2.75) is 52.0 Å². The van der Waals surface area contributed by atoms with E-state index in [1.165, 1.54) is 18.3 Å². The summed E-state index contributed by atoms with van der Waals surface area (Å²) in [4.78, 5) is 43.4. The molecule has 8 rings (SSSR count). The molecule has 15 nitrogen and oxygen atoms in total. The number of carbonyl (C=O) groups is 2. The SMILES string of the molecule is Cc1cn2cc(C(=O)NC[C@H](O)CN3CCc4cc(F)ccc4C3)nc2cn1.Cc1cn2cc(C(=O)O)nc2cn1.NC[C@H](O)CN1CCc2cc(F)ccc2C1.S. The molecule has 6 N–H and O–H groups in total. The van der Waals surface area contributed by atoms with Gasteiger partial charge in [-0.1, -0.05) is 12.1 Å². The Bertz CT molecular complexity index is 2360. The van der Waals surface area contributed by atoms with Crippen LogP contribution >= 0.6 is 13.5 Å². The van der Waals surface area contributed by atoms with Crippen LogP contribution in [0.4, 0.5) is 8.78 Å². The molecule has 58 heavy (non-hydrogen) atoms. The highest BCUT2D eigenvalue weighted by Gasteiger charge is 2.21. The predicted molar refractivity (Wildman–Crippen MR) is 217 cm³/mol. The third-order valence-electron chi connectivity index (χ3n) is 9.62. The highest BCUT2D eigenvalue weighted by atomic mass is 32.1. The quantitative estimate of drug-likeness (QED) is 0.143. The van der Waals surface area contributed by atoms with Crippen LogP contribution < -0.4 is 11.1 Å². The molecule has 0 saturated carbocycles. The maximum absolute atomic E-state index is 13.3. The minimum absolute atomic E-state index is 0. The van der Waals surface area contributed by atoms with E-state index >= 15 is 0 Å². The number of aliphatic hydroxyl groups excluding tert-OH is 2. The first-order chi connectivity index (χ1) is 27.3. The van der Waals surface area contributed by atoms with E-state index < -0.39 is 18.2 Å². The fraction of sp³-hybridized carbons (Fsp3) is 0.350. The number of nitrogens with one attached hydrogen (secondary N) is 1. The van der Waals surface area contributed by atoms with E-state index in [9.17, 15) is 28.6 Å². The van der Waals surface area contributed by atoms with E-state index in [2.05, 4.69) is 35.1 Å². The molecular weight excluding hydrogens is 771 g/mol. The number of aliphatic hydroxyl groups is 2. The van der Waals surface area contributed by atoms with Gasteiger partial charge in [0, 0.05) is 77.1 Å². The van der Waals surface area contributed by atoms with Crippen LogP contribution in [0.25, 0.3) is 11.3 Å². The maximum Gasteiger partial charge on any atom is 0.356 e. The second-order valence-corrected chi connectivity index (χ2v) is 14.2. The number of nitrogens with two attached hydrogens (primary N) is 1. The van der Waals surface area contributed by atoms with Crippen LogP contribution in [0.5, 0.6) is 0 Å². The summed E-state index contributed by atoms with van der Waals surface area (Å²) in [6.07, 6.45) is 10.2. The molecule has 2 atom stereocenters. The smallest absolute Gasteiger partial charge is 0.356 e. The number of aryl methyl sites for hydroxylation is 2. The molecule has 6 heterocycles. The number of aromatic nitrogens is 6. The molecule has 0 radical (unpaired) electrons. The van der Waals surface area contributed by atoms with Gasteiger partial charge in [-0.2, -0.15) is 13.5 Å². The van der Waals surface area contributed by atoms with Crippen LogP contribution in [0.15, 0.2) is 73.6 Å². The number of hydrogen-bond donors (Lipinski definition) is 5. The van der Waals surface area contributed by atoms with Crippen LogP contribution in [0.1, 0.15) is 54.6 Å². The van der Waals surface area contributed by atoms with Crippen molar-refractivity contribution in [3.8, 4) is 0 Å². The largest absolute Gasteiger partial charge is 0.476 e. The van der Waals surface area contributed by atoms with Gasteiger partial charge >= 0.3 is 5.97 Å². The molecule has 4 aromatic heterocycles. The van der Waals surface area contributed by atoms with E-state index in [4.69, 9.17) is 10.8 Å². The van der Waals surface area contributed by atoms with Gasteiger partial charge in [-0.3, -0.25) is 24.6 Å². The topological polar surface area (TPSA) is 200 Å². The molecule has 308 valence electrons. The van der Waals surface area contributed by atoms with E-state index in [1.54, 1.807) is 58.0 Å². The molecule has 1 amide bonds. The normalized spacial score (nSPS) is 14.8. The van der Waals surface area contributed by atoms with Gasteiger partial charge in [-0.25, -0.2) is 23.5 Å². The van der Waals surface area contributed by atoms with Crippen LogP contribution in [-0.2, 0) is 25.9 Å². The Kier molecular flexibility index (Phi) is 15.0. The Morgan fingerprint density at radius 3 is 1.74 bits per heavy atom. The van der Waals surface area contributed by atoms with E-state index in [1.807, 2.05) is 19.9 Å². The molecule has 2 aliphatic heterocycles. The number of amides is 1. The van der Waals surface area contributed by atoms with Gasteiger partial charge in [-0.15, -0.1) is 0 Å². The minimum atomic E-state index is -1.03. The van der Waals surface area contributed by atoms with Crippen LogP contribution in [-0.4, -0.2) is 117 Å². The average Bonchev–Trinajstić information content (AvgIpc) is 3.82. The average molecular weight is 819 g/mol. The van der Waals surface area contributed by atoms with Crippen molar-refractivity contribution in [3.63, 3.8) is 0 Å². The fourth-order valence-corrected chi connectivity index (χ4v) is 6.72. The lowest BCUT2D eigenvalue weighted by Gasteiger charge is -2.30. The third-order valence-corrected chi connectivity index (χ3v) is 9.62. The van der Waals surface area contributed by atoms with Gasteiger partial charge in [0.2, 0.25) is 0 Å². The van der Waals surface area contributed by atoms with Crippen molar-refractivity contribution < 1.29 is 33.7 Å². The third kappa shape index (κ3) is 11.6. The molecule has 6 aromatic rings. The lowest BCUT2D eigenvalue weighted by Crippen LogP contribution is -2.42. The molecule has 0 bridgehead atoms. The number of fused-ring (bicyclic) bond motifs is 4. The van der Waals surface area contributed by atoms with Crippen molar-refractivity contribution in [1.29, 1.82) is 0 Å². The first-order valence-corrected chi connectivity index (χ1v) is 18.5. The number of nitrogens with zero attached hydrogens (tertiary/aromatic N) is 8. The van der Waals surface area contributed by atoms with Crippen molar-refractivity contribution in [3.05, 3.63) is 130 Å². The zero-order valence-electron chi connectivity index (χ0n) is 32.2. The first-order valence-electron chi connectivity index (χ1n) is 18.5. The number of aromatic carboxylic acids is 1. The predicted octanol–water partition coefficient (Wildman–Crippen LogP) is 2.68. The molecule has 0 saturated heterocycles. The lowest BCUT2D eigenvalue weighted by atomic mass is 9.99. The highest BCUT2D eigenvalue weighted by Crippen LogP contribution is 2.21. The van der Waals surface area contributed by atoms with Gasteiger partial charge in [0.05, 0.1) is 36.0 Å². The standard InChI is InChI=1S/C20H22FN5O2.C12H17FN2O.C8H7N3O2.H2S/c1-13-9-26-12-18(24-19(26)8-22-13)20(28)23-7-17(27)11-25-5-4-14-6-16(21)3-2-15(14)10-25;13-11-2-1-10-7-15(8-12(16)6-14)4-3-9(10)5-11;1-5-3-11-4-6(8(12)13)10-7(11)2-9-5;/h2-3,6,8-9,12,17,27H,4-5,7,10-11H2,1H3,(H,23,28);1-2,5,12,16H,3-4,6-8,14H2;2-4H,1H3,(H,12,13);1H2/t17-;12-;;/m00../s1.